The Labute approximate surface area is 114 Å². The van der Waals surface area contributed by atoms with Crippen LogP contribution in [0, 0.1) is 0 Å². The summed E-state index contributed by atoms with van der Waals surface area (Å²) in [6.45, 7) is 0.763. The Morgan fingerprint density at radius 2 is 2.17 bits per heavy atom. The van der Waals surface area contributed by atoms with Crippen LogP contribution in [0.2, 0.25) is 0 Å². The molecule has 0 saturated carbocycles. The van der Waals surface area contributed by atoms with Crippen molar-refractivity contribution in [1.82, 2.24) is 15.3 Å². The molecule has 0 bridgehead atoms. The number of H-pyrrole nitrogens is 1. The van der Waals surface area contributed by atoms with Crippen molar-refractivity contribution in [2.24, 2.45) is 0 Å². The normalized spacial score (nSPS) is 10.6. The predicted molar refractivity (Wildman–Crippen MR) is 75.6 cm³/mol. The Morgan fingerprint density at radius 1 is 1.39 bits per heavy atom. The molecule has 0 fully saturated rings. The van der Waals surface area contributed by atoms with Gasteiger partial charge in [0.15, 0.2) is 0 Å². The van der Waals surface area contributed by atoms with Crippen LogP contribution in [0.15, 0.2) is 39.7 Å². The predicted octanol–water partition coefficient (Wildman–Crippen LogP) is 1.96. The van der Waals surface area contributed by atoms with Crippen molar-refractivity contribution in [2.45, 2.75) is 6.42 Å². The van der Waals surface area contributed by atoms with Gasteiger partial charge in [-0.3, -0.25) is 4.79 Å². The van der Waals surface area contributed by atoms with E-state index in [1.807, 2.05) is 31.3 Å². The third-order valence-electron chi connectivity index (χ3n) is 2.65. The van der Waals surface area contributed by atoms with Crippen LogP contribution in [0.4, 0.5) is 0 Å². The maximum atomic E-state index is 11.9. The summed E-state index contributed by atoms with van der Waals surface area (Å²) >= 11 is 3.45. The van der Waals surface area contributed by atoms with Gasteiger partial charge in [-0.15, -0.1) is 0 Å². The van der Waals surface area contributed by atoms with Crippen LogP contribution in [-0.2, 0) is 6.42 Å². The van der Waals surface area contributed by atoms with E-state index in [2.05, 4.69) is 31.2 Å². The van der Waals surface area contributed by atoms with Crippen molar-refractivity contribution < 1.29 is 0 Å². The summed E-state index contributed by atoms with van der Waals surface area (Å²) in [4.78, 5) is 19.0. The molecule has 94 valence electrons. The molecule has 0 aliphatic heterocycles. The summed E-state index contributed by atoms with van der Waals surface area (Å²) in [6.07, 6.45) is 2.32. The summed E-state index contributed by atoms with van der Waals surface area (Å²) in [5.74, 6) is 0.584. The van der Waals surface area contributed by atoms with Gasteiger partial charge in [-0.1, -0.05) is 34.1 Å². The zero-order chi connectivity index (χ0) is 13.0. The minimum absolute atomic E-state index is 0.0778. The SMILES string of the molecule is CNCCc1cnc(-c2ccccc2Br)[nH]c1=O. The maximum Gasteiger partial charge on any atom is 0.254 e. The zero-order valence-electron chi connectivity index (χ0n) is 10.0. The van der Waals surface area contributed by atoms with E-state index < -0.39 is 0 Å². The summed E-state index contributed by atoms with van der Waals surface area (Å²) in [5.41, 5.74) is 1.50. The number of aromatic nitrogens is 2. The molecule has 0 saturated heterocycles. The number of hydrogen-bond donors (Lipinski definition) is 2. The number of benzene rings is 1. The van der Waals surface area contributed by atoms with Gasteiger partial charge in [0.25, 0.3) is 5.56 Å². The molecule has 0 radical (unpaired) electrons. The van der Waals surface area contributed by atoms with Gasteiger partial charge >= 0.3 is 0 Å². The average molecular weight is 308 g/mol. The molecule has 0 aliphatic rings. The van der Waals surface area contributed by atoms with Crippen LogP contribution in [0.3, 0.4) is 0 Å². The van der Waals surface area contributed by atoms with Gasteiger partial charge < -0.3 is 10.3 Å². The Hall–Kier alpha value is -1.46. The van der Waals surface area contributed by atoms with Crippen LogP contribution in [0.5, 0.6) is 0 Å². The first-order valence-electron chi connectivity index (χ1n) is 5.70. The molecule has 0 spiro atoms. The molecule has 1 heterocycles. The Balaban J connectivity index is 2.35. The van der Waals surface area contributed by atoms with Crippen LogP contribution >= 0.6 is 15.9 Å². The molecule has 5 heteroatoms. The Kier molecular flexibility index (Phi) is 4.28. The molecule has 2 N–H and O–H groups in total. The molecule has 18 heavy (non-hydrogen) atoms. The highest BCUT2D eigenvalue weighted by atomic mass is 79.9. The molecular weight excluding hydrogens is 294 g/mol. The van der Waals surface area contributed by atoms with E-state index in [0.717, 1.165) is 16.6 Å². The zero-order valence-corrected chi connectivity index (χ0v) is 11.6. The lowest BCUT2D eigenvalue weighted by molar-refractivity contribution is 0.781. The van der Waals surface area contributed by atoms with Crippen molar-refractivity contribution in [3.05, 3.63) is 50.9 Å². The van der Waals surface area contributed by atoms with Gasteiger partial charge in [-0.25, -0.2) is 4.98 Å². The number of halogens is 1. The van der Waals surface area contributed by atoms with E-state index in [4.69, 9.17) is 0 Å². The van der Waals surface area contributed by atoms with E-state index >= 15 is 0 Å². The Morgan fingerprint density at radius 3 is 2.83 bits per heavy atom. The highest BCUT2D eigenvalue weighted by molar-refractivity contribution is 9.10. The largest absolute Gasteiger partial charge is 0.319 e. The van der Waals surface area contributed by atoms with Gasteiger partial charge in [-0.2, -0.15) is 0 Å². The van der Waals surface area contributed by atoms with Gasteiger partial charge in [0, 0.05) is 21.8 Å². The highest BCUT2D eigenvalue weighted by Gasteiger charge is 2.06. The quantitative estimate of drug-likeness (QED) is 0.908. The third-order valence-corrected chi connectivity index (χ3v) is 3.34. The minimum Gasteiger partial charge on any atom is -0.319 e. The van der Waals surface area contributed by atoms with Crippen LogP contribution in [0.1, 0.15) is 5.56 Å². The van der Waals surface area contributed by atoms with E-state index in [0.29, 0.717) is 17.8 Å². The molecule has 1 aromatic heterocycles. The van der Waals surface area contributed by atoms with E-state index in [-0.39, 0.29) is 5.56 Å². The summed E-state index contributed by atoms with van der Waals surface area (Å²) in [7, 11) is 1.86. The van der Waals surface area contributed by atoms with Crippen LogP contribution in [0.25, 0.3) is 11.4 Å². The standard InChI is InChI=1S/C13H14BrN3O/c1-15-7-6-9-8-16-12(17-13(9)18)10-4-2-3-5-11(10)14/h2-5,8,15H,6-7H2,1H3,(H,16,17,18). The number of rotatable bonds is 4. The number of hydrogen-bond acceptors (Lipinski definition) is 3. The van der Waals surface area contributed by atoms with Crippen molar-refractivity contribution >= 4 is 15.9 Å². The van der Waals surface area contributed by atoms with Crippen LogP contribution < -0.4 is 10.9 Å². The molecule has 2 aromatic rings. The minimum atomic E-state index is -0.0778. The fraction of sp³-hybridized carbons (Fsp3) is 0.231. The second kappa shape index (κ2) is 5.93. The van der Waals surface area contributed by atoms with Crippen molar-refractivity contribution in [3.63, 3.8) is 0 Å². The molecule has 2 rings (SSSR count). The van der Waals surface area contributed by atoms with Gasteiger partial charge in [0.1, 0.15) is 5.82 Å². The van der Waals surface area contributed by atoms with Crippen molar-refractivity contribution in [1.29, 1.82) is 0 Å². The molecule has 0 aliphatic carbocycles. The third kappa shape index (κ3) is 2.86. The fourth-order valence-electron chi connectivity index (χ4n) is 1.65. The monoisotopic (exact) mass is 307 g/mol. The summed E-state index contributed by atoms with van der Waals surface area (Å²) in [5, 5.41) is 3.01. The van der Waals surface area contributed by atoms with E-state index in [1.165, 1.54) is 0 Å². The fourth-order valence-corrected chi connectivity index (χ4v) is 2.12. The molecule has 1 aromatic carbocycles. The lowest BCUT2D eigenvalue weighted by atomic mass is 10.2. The molecule has 0 amide bonds. The molecule has 0 atom stereocenters. The highest BCUT2D eigenvalue weighted by Crippen LogP contribution is 2.23. The van der Waals surface area contributed by atoms with Gasteiger partial charge in [-0.05, 0) is 26.1 Å². The second-order valence-corrected chi connectivity index (χ2v) is 4.77. The average Bonchev–Trinajstić information content (AvgIpc) is 2.38. The summed E-state index contributed by atoms with van der Waals surface area (Å²) in [6, 6.07) is 7.67. The molecular formula is C13H14BrN3O. The lowest BCUT2D eigenvalue weighted by Gasteiger charge is -2.05. The number of aromatic amines is 1. The topological polar surface area (TPSA) is 57.8 Å². The Bertz CT molecular complexity index is 595. The first-order chi connectivity index (χ1) is 8.72. The van der Waals surface area contributed by atoms with E-state index in [9.17, 15) is 4.79 Å². The van der Waals surface area contributed by atoms with E-state index in [1.54, 1.807) is 6.20 Å². The summed E-state index contributed by atoms with van der Waals surface area (Å²) < 4.78 is 0.913. The first-order valence-corrected chi connectivity index (χ1v) is 6.49. The van der Waals surface area contributed by atoms with Crippen LogP contribution in [-0.4, -0.2) is 23.6 Å². The first kappa shape index (κ1) is 13.0. The molecule has 4 nitrogen and oxygen atoms in total. The second-order valence-electron chi connectivity index (χ2n) is 3.92. The van der Waals surface area contributed by atoms with Gasteiger partial charge in [0.05, 0.1) is 0 Å². The lowest BCUT2D eigenvalue weighted by Crippen LogP contribution is -2.19. The van der Waals surface area contributed by atoms with Gasteiger partial charge in [0.2, 0.25) is 0 Å². The number of nitrogens with one attached hydrogen (secondary N) is 2. The van der Waals surface area contributed by atoms with Crippen molar-refractivity contribution in [2.75, 3.05) is 13.6 Å². The number of likely N-dealkylation sites (N-methyl/N-ethyl adjacent to an activating group) is 1. The smallest absolute Gasteiger partial charge is 0.254 e. The molecule has 0 unspecified atom stereocenters. The maximum absolute atomic E-state index is 11.9. The number of nitrogens with zero attached hydrogens (tertiary/aromatic N) is 1. The van der Waals surface area contributed by atoms with Crippen molar-refractivity contribution in [3.8, 4) is 11.4 Å².